The Kier molecular flexibility index (Phi) is 5.46. The van der Waals surface area contributed by atoms with E-state index in [-0.39, 0.29) is 0 Å². The standard InChI is InChI=1S/C21H27N7O2/c1-29-21-23-11-17(12-24-21)28-20(18-4-8-30-9-5-19(18)26-28)16-10-25-27(14-16)13-15-2-6-22-7-3-15/h10-12,14-15,22H,2-9,13H2,1H3. The SMILES string of the molecule is COc1ncc(-n2nc3c(c2-c2cnn(CC4CCNCC4)c2)CCOCC3)cn1. The van der Waals surface area contributed by atoms with Gasteiger partial charge in [-0.25, -0.2) is 14.6 Å². The van der Waals surface area contributed by atoms with Crippen molar-refractivity contribution in [3.05, 3.63) is 36.0 Å². The Bertz CT molecular complexity index is 989. The third-order valence-electron chi connectivity index (χ3n) is 5.90. The van der Waals surface area contributed by atoms with Crippen LogP contribution in [0.2, 0.25) is 0 Å². The highest BCUT2D eigenvalue weighted by atomic mass is 16.5. The predicted molar refractivity (Wildman–Crippen MR) is 111 cm³/mol. The van der Waals surface area contributed by atoms with E-state index in [1.54, 1.807) is 19.5 Å². The van der Waals surface area contributed by atoms with Crippen LogP contribution in [0.4, 0.5) is 0 Å². The van der Waals surface area contributed by atoms with E-state index in [2.05, 4.69) is 31.3 Å². The molecule has 0 radical (unpaired) electrons. The number of ether oxygens (including phenoxy) is 2. The first-order chi connectivity index (χ1) is 14.8. The molecule has 0 aromatic carbocycles. The zero-order valence-corrected chi connectivity index (χ0v) is 17.3. The molecule has 5 heterocycles. The van der Waals surface area contributed by atoms with Gasteiger partial charge in [-0.2, -0.15) is 10.2 Å². The summed E-state index contributed by atoms with van der Waals surface area (Å²) in [6.07, 6.45) is 11.6. The molecule has 0 bridgehead atoms. The monoisotopic (exact) mass is 409 g/mol. The average Bonchev–Trinajstić information content (AvgIpc) is 3.31. The molecule has 0 atom stereocenters. The summed E-state index contributed by atoms with van der Waals surface area (Å²) in [7, 11) is 1.56. The van der Waals surface area contributed by atoms with Crippen LogP contribution in [0, 0.1) is 5.92 Å². The fourth-order valence-corrected chi connectivity index (χ4v) is 4.33. The lowest BCUT2D eigenvalue weighted by Gasteiger charge is -2.22. The number of methoxy groups -OCH3 is 1. The molecule has 2 aliphatic rings. The summed E-state index contributed by atoms with van der Waals surface area (Å²) in [6.45, 7) is 4.53. The zero-order valence-electron chi connectivity index (χ0n) is 17.3. The van der Waals surface area contributed by atoms with Gasteiger partial charge in [-0.05, 0) is 38.3 Å². The van der Waals surface area contributed by atoms with Crippen LogP contribution in [0.1, 0.15) is 24.1 Å². The number of piperidine rings is 1. The quantitative estimate of drug-likeness (QED) is 0.685. The van der Waals surface area contributed by atoms with E-state index in [0.717, 1.165) is 55.1 Å². The van der Waals surface area contributed by atoms with Crippen LogP contribution >= 0.6 is 0 Å². The summed E-state index contributed by atoms with van der Waals surface area (Å²) < 4.78 is 14.8. The van der Waals surface area contributed by atoms with Crippen molar-refractivity contribution in [3.63, 3.8) is 0 Å². The number of fused-ring (bicyclic) bond motifs is 1. The molecule has 0 spiro atoms. The first kappa shape index (κ1) is 19.2. The number of rotatable bonds is 5. The molecule has 158 valence electrons. The van der Waals surface area contributed by atoms with Crippen molar-refractivity contribution in [3.8, 4) is 23.0 Å². The Morgan fingerprint density at radius 2 is 1.93 bits per heavy atom. The van der Waals surface area contributed by atoms with Crippen LogP contribution in [-0.2, 0) is 24.1 Å². The van der Waals surface area contributed by atoms with Crippen LogP contribution in [0.3, 0.4) is 0 Å². The zero-order chi connectivity index (χ0) is 20.3. The Morgan fingerprint density at radius 1 is 1.13 bits per heavy atom. The minimum atomic E-state index is 0.345. The largest absolute Gasteiger partial charge is 0.467 e. The number of hydrogen-bond donors (Lipinski definition) is 1. The Hall–Kier alpha value is -2.78. The van der Waals surface area contributed by atoms with Gasteiger partial charge < -0.3 is 14.8 Å². The van der Waals surface area contributed by atoms with Gasteiger partial charge in [0.2, 0.25) is 0 Å². The second-order valence-corrected chi connectivity index (χ2v) is 7.87. The second-order valence-electron chi connectivity index (χ2n) is 7.87. The molecule has 30 heavy (non-hydrogen) atoms. The van der Waals surface area contributed by atoms with Crippen molar-refractivity contribution < 1.29 is 9.47 Å². The summed E-state index contributed by atoms with van der Waals surface area (Å²) in [4.78, 5) is 8.54. The highest BCUT2D eigenvalue weighted by molar-refractivity contribution is 5.66. The van der Waals surface area contributed by atoms with E-state index >= 15 is 0 Å². The summed E-state index contributed by atoms with van der Waals surface area (Å²) in [5.41, 5.74) is 5.23. The van der Waals surface area contributed by atoms with E-state index in [1.165, 1.54) is 18.4 Å². The molecule has 1 N–H and O–H groups in total. The first-order valence-electron chi connectivity index (χ1n) is 10.6. The molecular formula is C21H27N7O2. The molecular weight excluding hydrogens is 382 g/mol. The molecule has 0 unspecified atom stereocenters. The van der Waals surface area contributed by atoms with Crippen molar-refractivity contribution in [1.82, 2.24) is 34.8 Å². The van der Waals surface area contributed by atoms with Crippen LogP contribution in [-0.4, -0.2) is 62.9 Å². The number of hydrogen-bond acceptors (Lipinski definition) is 7. The molecule has 9 heteroatoms. The Balaban J connectivity index is 1.52. The van der Waals surface area contributed by atoms with Gasteiger partial charge in [0.15, 0.2) is 0 Å². The molecule has 0 amide bonds. The highest BCUT2D eigenvalue weighted by Gasteiger charge is 2.24. The van der Waals surface area contributed by atoms with Crippen LogP contribution in [0.15, 0.2) is 24.8 Å². The summed E-state index contributed by atoms with van der Waals surface area (Å²) in [5.74, 6) is 0.671. The average molecular weight is 409 g/mol. The molecule has 5 rings (SSSR count). The van der Waals surface area contributed by atoms with Crippen LogP contribution in [0.5, 0.6) is 6.01 Å². The minimum absolute atomic E-state index is 0.345. The predicted octanol–water partition coefficient (Wildman–Crippen LogP) is 1.65. The van der Waals surface area contributed by atoms with Gasteiger partial charge in [-0.1, -0.05) is 0 Å². The molecule has 0 saturated carbocycles. The van der Waals surface area contributed by atoms with Crippen molar-refractivity contribution in [2.24, 2.45) is 5.92 Å². The Labute approximate surface area is 175 Å². The van der Waals surface area contributed by atoms with Crippen molar-refractivity contribution in [2.45, 2.75) is 32.2 Å². The topological polar surface area (TPSA) is 91.9 Å². The van der Waals surface area contributed by atoms with Gasteiger partial charge in [-0.3, -0.25) is 4.68 Å². The van der Waals surface area contributed by atoms with Gasteiger partial charge >= 0.3 is 6.01 Å². The lowest BCUT2D eigenvalue weighted by atomic mass is 9.98. The van der Waals surface area contributed by atoms with E-state index in [9.17, 15) is 0 Å². The lowest BCUT2D eigenvalue weighted by molar-refractivity contribution is 0.146. The third-order valence-corrected chi connectivity index (χ3v) is 5.90. The van der Waals surface area contributed by atoms with Crippen molar-refractivity contribution >= 4 is 0 Å². The first-order valence-corrected chi connectivity index (χ1v) is 10.6. The number of aromatic nitrogens is 6. The molecule has 3 aromatic heterocycles. The maximum absolute atomic E-state index is 5.69. The highest BCUT2D eigenvalue weighted by Crippen LogP contribution is 2.31. The van der Waals surface area contributed by atoms with Gasteiger partial charge in [-0.15, -0.1) is 0 Å². The molecule has 9 nitrogen and oxygen atoms in total. The number of nitrogens with zero attached hydrogens (tertiary/aromatic N) is 6. The van der Waals surface area contributed by atoms with E-state index < -0.39 is 0 Å². The molecule has 0 aliphatic carbocycles. The van der Waals surface area contributed by atoms with Crippen molar-refractivity contribution in [1.29, 1.82) is 0 Å². The minimum Gasteiger partial charge on any atom is -0.467 e. The molecule has 2 aliphatic heterocycles. The van der Waals surface area contributed by atoms with Crippen molar-refractivity contribution in [2.75, 3.05) is 33.4 Å². The lowest BCUT2D eigenvalue weighted by Crippen LogP contribution is -2.29. The smallest absolute Gasteiger partial charge is 0.316 e. The fourth-order valence-electron chi connectivity index (χ4n) is 4.33. The second kappa shape index (κ2) is 8.53. The van der Waals surface area contributed by atoms with E-state index in [1.807, 2.05) is 10.9 Å². The van der Waals surface area contributed by atoms with Crippen LogP contribution in [0.25, 0.3) is 16.9 Å². The summed E-state index contributed by atoms with van der Waals surface area (Å²) in [5, 5.41) is 13.0. The third kappa shape index (κ3) is 3.82. The van der Waals surface area contributed by atoms with Gasteiger partial charge in [0.25, 0.3) is 0 Å². The van der Waals surface area contributed by atoms with Crippen LogP contribution < -0.4 is 10.1 Å². The fraction of sp³-hybridized carbons (Fsp3) is 0.524. The van der Waals surface area contributed by atoms with E-state index in [4.69, 9.17) is 14.6 Å². The number of nitrogens with one attached hydrogen (secondary N) is 1. The van der Waals surface area contributed by atoms with Gasteiger partial charge in [0.1, 0.15) is 5.69 Å². The maximum Gasteiger partial charge on any atom is 0.316 e. The summed E-state index contributed by atoms with van der Waals surface area (Å²) >= 11 is 0. The maximum atomic E-state index is 5.69. The molecule has 1 fully saturated rings. The van der Waals surface area contributed by atoms with Gasteiger partial charge in [0, 0.05) is 30.3 Å². The van der Waals surface area contributed by atoms with Gasteiger partial charge in [0.05, 0.1) is 50.3 Å². The summed E-state index contributed by atoms with van der Waals surface area (Å²) in [6, 6.07) is 0.345. The molecule has 3 aromatic rings. The Morgan fingerprint density at radius 3 is 2.73 bits per heavy atom. The van der Waals surface area contributed by atoms with E-state index in [0.29, 0.717) is 25.1 Å². The normalized spacial score (nSPS) is 17.5. The molecule has 1 saturated heterocycles.